The van der Waals surface area contributed by atoms with Gasteiger partial charge in [0.1, 0.15) is 5.69 Å². The molecule has 1 aromatic heterocycles. The number of piperazine rings is 1. The summed E-state index contributed by atoms with van der Waals surface area (Å²) in [6, 6.07) is 4.34. The van der Waals surface area contributed by atoms with Crippen LogP contribution in [0.5, 0.6) is 0 Å². The fourth-order valence-corrected chi connectivity index (χ4v) is 3.49. The van der Waals surface area contributed by atoms with Crippen molar-refractivity contribution >= 4 is 11.8 Å². The van der Waals surface area contributed by atoms with Gasteiger partial charge in [-0.1, -0.05) is 0 Å². The van der Waals surface area contributed by atoms with Crippen LogP contribution in [0.4, 0.5) is 0 Å². The van der Waals surface area contributed by atoms with Crippen LogP contribution in [-0.2, 0) is 4.79 Å². The average molecular weight is 316 g/mol. The molecule has 0 aliphatic carbocycles. The van der Waals surface area contributed by atoms with Gasteiger partial charge in [0.25, 0.3) is 5.91 Å². The predicted octanol–water partition coefficient (Wildman–Crippen LogP) is 1.15. The lowest BCUT2D eigenvalue weighted by Crippen LogP contribution is -2.50. The smallest absolute Gasteiger partial charge is 0.272 e. The number of likely N-dealkylation sites (tertiary alicyclic amines) is 1. The van der Waals surface area contributed by atoms with Gasteiger partial charge in [0.15, 0.2) is 0 Å². The van der Waals surface area contributed by atoms with Crippen molar-refractivity contribution in [3.05, 3.63) is 29.6 Å². The van der Waals surface area contributed by atoms with E-state index in [0.717, 1.165) is 13.0 Å². The first-order chi connectivity index (χ1) is 11.1. The average Bonchev–Trinajstić information content (AvgIpc) is 3.00. The van der Waals surface area contributed by atoms with Crippen molar-refractivity contribution < 1.29 is 9.59 Å². The Morgan fingerprint density at radius 3 is 2.43 bits per heavy atom. The molecule has 0 saturated carbocycles. The second-order valence-electron chi connectivity index (χ2n) is 6.41. The minimum atomic E-state index is -0.0318. The first-order valence-electron chi connectivity index (χ1n) is 8.27. The lowest BCUT2D eigenvalue weighted by molar-refractivity contribution is -0.130. The Balaban J connectivity index is 1.69. The number of carbonyl (C=O) groups is 2. The van der Waals surface area contributed by atoms with Crippen LogP contribution in [0.3, 0.4) is 0 Å². The summed E-state index contributed by atoms with van der Waals surface area (Å²) in [5, 5.41) is 0. The molecule has 2 aliphatic heterocycles. The molecule has 3 rings (SSSR count). The van der Waals surface area contributed by atoms with E-state index in [2.05, 4.69) is 16.9 Å². The van der Waals surface area contributed by atoms with E-state index >= 15 is 0 Å². The van der Waals surface area contributed by atoms with Gasteiger partial charge in [-0.3, -0.25) is 19.5 Å². The van der Waals surface area contributed by atoms with Gasteiger partial charge in [0.05, 0.1) is 0 Å². The number of hydrogen-bond donors (Lipinski definition) is 0. The zero-order valence-electron chi connectivity index (χ0n) is 13.9. The quantitative estimate of drug-likeness (QED) is 0.821. The van der Waals surface area contributed by atoms with Crippen molar-refractivity contribution in [2.24, 2.45) is 0 Å². The van der Waals surface area contributed by atoms with Crippen molar-refractivity contribution in [2.45, 2.75) is 25.8 Å². The molecule has 2 fully saturated rings. The van der Waals surface area contributed by atoms with E-state index in [-0.39, 0.29) is 11.8 Å². The SMILES string of the molecule is CC(=O)N1CCN(C(=O)c2cc([C@H]3CCCN3C)ccn2)CC1. The molecular formula is C17H24N4O2. The molecule has 2 aliphatic rings. The molecule has 0 bridgehead atoms. The van der Waals surface area contributed by atoms with Crippen molar-refractivity contribution in [1.29, 1.82) is 0 Å². The summed E-state index contributed by atoms with van der Waals surface area (Å²) >= 11 is 0. The number of rotatable bonds is 2. The van der Waals surface area contributed by atoms with E-state index in [1.54, 1.807) is 22.9 Å². The molecular weight excluding hydrogens is 292 g/mol. The summed E-state index contributed by atoms with van der Waals surface area (Å²) in [6.07, 6.45) is 4.06. The van der Waals surface area contributed by atoms with Crippen LogP contribution in [0.25, 0.3) is 0 Å². The molecule has 0 unspecified atom stereocenters. The molecule has 6 nitrogen and oxygen atoms in total. The van der Waals surface area contributed by atoms with Gasteiger partial charge >= 0.3 is 0 Å². The summed E-state index contributed by atoms with van der Waals surface area (Å²) in [7, 11) is 2.13. The highest BCUT2D eigenvalue weighted by Crippen LogP contribution is 2.30. The highest BCUT2D eigenvalue weighted by molar-refractivity contribution is 5.92. The minimum Gasteiger partial charge on any atom is -0.339 e. The highest BCUT2D eigenvalue weighted by Gasteiger charge is 2.26. The van der Waals surface area contributed by atoms with Crippen LogP contribution in [0.1, 0.15) is 41.9 Å². The van der Waals surface area contributed by atoms with E-state index < -0.39 is 0 Å². The van der Waals surface area contributed by atoms with Gasteiger partial charge in [-0.15, -0.1) is 0 Å². The van der Waals surface area contributed by atoms with Crippen molar-refractivity contribution in [3.63, 3.8) is 0 Å². The van der Waals surface area contributed by atoms with E-state index in [0.29, 0.717) is 37.9 Å². The summed E-state index contributed by atoms with van der Waals surface area (Å²) in [5.74, 6) is 0.0391. The van der Waals surface area contributed by atoms with Crippen LogP contribution >= 0.6 is 0 Å². The van der Waals surface area contributed by atoms with Gasteiger partial charge in [0, 0.05) is 45.3 Å². The van der Waals surface area contributed by atoms with Gasteiger partial charge in [0.2, 0.25) is 5.91 Å². The van der Waals surface area contributed by atoms with Gasteiger partial charge in [-0.05, 0) is 44.1 Å². The molecule has 1 aromatic rings. The van der Waals surface area contributed by atoms with Crippen LogP contribution in [0.15, 0.2) is 18.3 Å². The van der Waals surface area contributed by atoms with E-state index in [1.165, 1.54) is 12.0 Å². The predicted molar refractivity (Wildman–Crippen MR) is 87.0 cm³/mol. The molecule has 2 saturated heterocycles. The third kappa shape index (κ3) is 3.37. The zero-order valence-corrected chi connectivity index (χ0v) is 13.9. The Morgan fingerprint density at radius 2 is 1.83 bits per heavy atom. The molecule has 0 aromatic carbocycles. The van der Waals surface area contributed by atoms with E-state index in [4.69, 9.17) is 0 Å². The summed E-state index contributed by atoms with van der Waals surface area (Å²) in [5.41, 5.74) is 1.68. The topological polar surface area (TPSA) is 56.8 Å². The summed E-state index contributed by atoms with van der Waals surface area (Å²) in [4.78, 5) is 34.2. The number of aromatic nitrogens is 1. The Labute approximate surface area is 137 Å². The lowest BCUT2D eigenvalue weighted by atomic mass is 10.0. The van der Waals surface area contributed by atoms with Gasteiger partial charge < -0.3 is 9.80 Å². The molecule has 0 radical (unpaired) electrons. The maximum Gasteiger partial charge on any atom is 0.272 e. The van der Waals surface area contributed by atoms with Crippen molar-refractivity contribution in [2.75, 3.05) is 39.8 Å². The Bertz CT molecular complexity index is 596. The molecule has 6 heteroatoms. The standard InChI is InChI=1S/C17H24N4O2/c1-13(22)20-8-10-21(11-9-20)17(23)15-12-14(5-6-18-15)16-4-3-7-19(16)2/h5-6,12,16H,3-4,7-11H2,1-2H3/t16-/m1/s1. The number of hydrogen-bond acceptors (Lipinski definition) is 4. The minimum absolute atomic E-state index is 0.0318. The second kappa shape index (κ2) is 6.66. The second-order valence-corrected chi connectivity index (χ2v) is 6.41. The lowest BCUT2D eigenvalue weighted by Gasteiger charge is -2.34. The van der Waals surface area contributed by atoms with Gasteiger partial charge in [-0.25, -0.2) is 0 Å². The van der Waals surface area contributed by atoms with Crippen LogP contribution < -0.4 is 0 Å². The maximum atomic E-state index is 12.7. The third-order valence-corrected chi connectivity index (χ3v) is 4.92. The molecule has 3 heterocycles. The Morgan fingerprint density at radius 1 is 1.13 bits per heavy atom. The summed E-state index contributed by atoms with van der Waals surface area (Å²) < 4.78 is 0. The summed E-state index contributed by atoms with van der Waals surface area (Å²) in [6.45, 7) is 5.03. The van der Waals surface area contributed by atoms with Crippen molar-refractivity contribution in [3.8, 4) is 0 Å². The third-order valence-electron chi connectivity index (χ3n) is 4.92. The zero-order chi connectivity index (χ0) is 16.4. The molecule has 1 atom stereocenters. The largest absolute Gasteiger partial charge is 0.339 e. The molecule has 23 heavy (non-hydrogen) atoms. The highest BCUT2D eigenvalue weighted by atomic mass is 16.2. The first-order valence-corrected chi connectivity index (χ1v) is 8.27. The number of nitrogens with zero attached hydrogens (tertiary/aromatic N) is 4. The molecule has 0 N–H and O–H groups in total. The number of pyridine rings is 1. The van der Waals surface area contributed by atoms with Crippen LogP contribution in [0.2, 0.25) is 0 Å². The van der Waals surface area contributed by atoms with E-state index in [1.807, 2.05) is 12.1 Å². The van der Waals surface area contributed by atoms with Crippen LogP contribution in [0, 0.1) is 0 Å². The monoisotopic (exact) mass is 316 g/mol. The first kappa shape index (κ1) is 15.9. The fourth-order valence-electron chi connectivity index (χ4n) is 3.49. The van der Waals surface area contributed by atoms with Gasteiger partial charge in [-0.2, -0.15) is 0 Å². The van der Waals surface area contributed by atoms with E-state index in [9.17, 15) is 9.59 Å². The molecule has 2 amide bonds. The Hall–Kier alpha value is -1.95. The molecule has 0 spiro atoms. The maximum absolute atomic E-state index is 12.7. The normalized spacial score (nSPS) is 22.4. The number of amides is 2. The number of carbonyl (C=O) groups excluding carboxylic acids is 2. The Kier molecular flexibility index (Phi) is 4.61. The van der Waals surface area contributed by atoms with Crippen molar-refractivity contribution in [1.82, 2.24) is 19.7 Å². The molecule has 124 valence electrons. The fraction of sp³-hybridized carbons (Fsp3) is 0.588. The van der Waals surface area contributed by atoms with Crippen LogP contribution in [-0.4, -0.2) is 71.3 Å².